The van der Waals surface area contributed by atoms with Gasteiger partial charge in [-0.1, -0.05) is 0 Å². The zero-order valence-electron chi connectivity index (χ0n) is 8.08. The number of nitrogens with one attached hydrogen (secondary N) is 1. The first kappa shape index (κ1) is 12.3. The van der Waals surface area contributed by atoms with Gasteiger partial charge in [0.1, 0.15) is 12.2 Å². The lowest BCUT2D eigenvalue weighted by Gasteiger charge is -2.07. The van der Waals surface area contributed by atoms with E-state index in [1.807, 2.05) is 0 Å². The summed E-state index contributed by atoms with van der Waals surface area (Å²) in [7, 11) is 1.74. The van der Waals surface area contributed by atoms with Crippen molar-refractivity contribution >= 4 is 11.8 Å². The number of thioether (sulfide) groups is 1. The van der Waals surface area contributed by atoms with E-state index in [0.29, 0.717) is 12.4 Å². The van der Waals surface area contributed by atoms with Gasteiger partial charge in [-0.25, -0.2) is 9.67 Å². The van der Waals surface area contributed by atoms with E-state index in [4.69, 9.17) is 0 Å². The minimum Gasteiger partial charge on any atom is -0.313 e. The molecular weight excluding hydrogens is 229 g/mol. The molecule has 0 radical (unpaired) electrons. The molecule has 1 heterocycles. The van der Waals surface area contributed by atoms with E-state index in [9.17, 15) is 13.2 Å². The fourth-order valence-electron chi connectivity index (χ4n) is 1.02. The maximum absolute atomic E-state index is 11.8. The van der Waals surface area contributed by atoms with Crippen molar-refractivity contribution in [2.75, 3.05) is 12.8 Å². The Kier molecular flexibility index (Phi) is 4.40. The standard InChI is InChI=1S/C7H11F3N4S/c1-11-4-6-12-5-13-14(6)2-3-15-7(8,9)10/h5,11H,2-4H2,1H3. The van der Waals surface area contributed by atoms with Crippen molar-refractivity contribution in [2.24, 2.45) is 0 Å². The highest BCUT2D eigenvalue weighted by Gasteiger charge is 2.27. The van der Waals surface area contributed by atoms with Gasteiger partial charge in [-0.2, -0.15) is 18.3 Å². The summed E-state index contributed by atoms with van der Waals surface area (Å²) in [5, 5.41) is 6.70. The second kappa shape index (κ2) is 5.36. The molecular formula is C7H11F3N4S. The quantitative estimate of drug-likeness (QED) is 0.841. The maximum atomic E-state index is 11.8. The fraction of sp³-hybridized carbons (Fsp3) is 0.714. The third-order valence-corrected chi connectivity index (χ3v) is 2.31. The van der Waals surface area contributed by atoms with Crippen LogP contribution < -0.4 is 5.32 Å². The Morgan fingerprint density at radius 2 is 2.27 bits per heavy atom. The van der Waals surface area contributed by atoms with Crippen LogP contribution in [-0.4, -0.2) is 33.1 Å². The van der Waals surface area contributed by atoms with Gasteiger partial charge in [0.15, 0.2) is 0 Å². The van der Waals surface area contributed by atoms with Crippen LogP contribution >= 0.6 is 11.8 Å². The first-order valence-corrected chi connectivity index (χ1v) is 5.23. The molecule has 1 aromatic heterocycles. The van der Waals surface area contributed by atoms with Crippen molar-refractivity contribution in [3.8, 4) is 0 Å². The monoisotopic (exact) mass is 240 g/mol. The number of aryl methyl sites for hydroxylation is 1. The van der Waals surface area contributed by atoms with Crippen molar-refractivity contribution in [1.29, 1.82) is 0 Å². The Bertz CT molecular complexity index is 299. The molecule has 4 nitrogen and oxygen atoms in total. The van der Waals surface area contributed by atoms with E-state index in [-0.39, 0.29) is 24.1 Å². The highest BCUT2D eigenvalue weighted by molar-refractivity contribution is 8.00. The predicted molar refractivity (Wildman–Crippen MR) is 51.3 cm³/mol. The second-order valence-corrected chi connectivity index (χ2v) is 3.88. The van der Waals surface area contributed by atoms with Crippen LogP contribution in [0.15, 0.2) is 6.33 Å². The lowest BCUT2D eigenvalue weighted by Crippen LogP contribution is -2.15. The fourth-order valence-corrected chi connectivity index (χ4v) is 1.51. The molecule has 0 fully saturated rings. The highest BCUT2D eigenvalue weighted by Crippen LogP contribution is 2.29. The number of alkyl halides is 3. The van der Waals surface area contributed by atoms with E-state index < -0.39 is 5.51 Å². The number of hydrogen-bond acceptors (Lipinski definition) is 4. The molecule has 0 spiro atoms. The average Bonchev–Trinajstić information content (AvgIpc) is 2.51. The van der Waals surface area contributed by atoms with Gasteiger partial charge in [0.2, 0.25) is 0 Å². The molecule has 86 valence electrons. The maximum Gasteiger partial charge on any atom is 0.441 e. The summed E-state index contributed by atoms with van der Waals surface area (Å²) >= 11 is -0.0504. The van der Waals surface area contributed by atoms with Gasteiger partial charge in [-0.3, -0.25) is 0 Å². The van der Waals surface area contributed by atoms with E-state index in [0.717, 1.165) is 0 Å². The molecule has 0 atom stereocenters. The average molecular weight is 240 g/mol. The van der Waals surface area contributed by atoms with Gasteiger partial charge in [-0.15, -0.1) is 0 Å². The number of nitrogens with zero attached hydrogens (tertiary/aromatic N) is 3. The van der Waals surface area contributed by atoms with Gasteiger partial charge in [0.05, 0.1) is 13.1 Å². The lowest BCUT2D eigenvalue weighted by atomic mass is 10.6. The van der Waals surface area contributed by atoms with Gasteiger partial charge in [0, 0.05) is 5.75 Å². The van der Waals surface area contributed by atoms with Crippen molar-refractivity contribution in [2.45, 2.75) is 18.6 Å². The minimum absolute atomic E-state index is 0.0504. The first-order chi connectivity index (χ1) is 7.03. The SMILES string of the molecule is CNCc1ncnn1CCSC(F)(F)F. The van der Waals surface area contributed by atoms with Gasteiger partial charge < -0.3 is 5.32 Å². The van der Waals surface area contributed by atoms with E-state index >= 15 is 0 Å². The van der Waals surface area contributed by atoms with Crippen LogP contribution in [0.4, 0.5) is 13.2 Å². The van der Waals surface area contributed by atoms with Crippen LogP contribution in [-0.2, 0) is 13.1 Å². The van der Waals surface area contributed by atoms with Crippen LogP contribution in [0.2, 0.25) is 0 Å². The van der Waals surface area contributed by atoms with Gasteiger partial charge >= 0.3 is 5.51 Å². The third-order valence-electron chi connectivity index (χ3n) is 1.60. The first-order valence-electron chi connectivity index (χ1n) is 4.25. The zero-order valence-corrected chi connectivity index (χ0v) is 8.90. The Hall–Kier alpha value is -0.760. The molecule has 0 saturated heterocycles. The van der Waals surface area contributed by atoms with Gasteiger partial charge in [0.25, 0.3) is 0 Å². The molecule has 0 amide bonds. The number of rotatable bonds is 5. The molecule has 0 unspecified atom stereocenters. The third kappa shape index (κ3) is 4.52. The van der Waals surface area contributed by atoms with E-state index in [1.54, 1.807) is 7.05 Å². The smallest absolute Gasteiger partial charge is 0.313 e. The summed E-state index contributed by atoms with van der Waals surface area (Å²) in [6.07, 6.45) is 1.34. The predicted octanol–water partition coefficient (Wildman–Crippen LogP) is 1.25. The molecule has 1 aromatic rings. The minimum atomic E-state index is -4.18. The van der Waals surface area contributed by atoms with Crippen molar-refractivity contribution in [3.63, 3.8) is 0 Å². The number of aromatic nitrogens is 3. The van der Waals surface area contributed by atoms with Crippen LogP contribution in [0.5, 0.6) is 0 Å². The molecule has 15 heavy (non-hydrogen) atoms. The van der Waals surface area contributed by atoms with Crippen molar-refractivity contribution in [3.05, 3.63) is 12.2 Å². The Morgan fingerprint density at radius 1 is 1.53 bits per heavy atom. The molecule has 0 saturated carbocycles. The Labute approximate surface area is 89.3 Å². The summed E-state index contributed by atoms with van der Waals surface area (Å²) in [5.74, 6) is 0.587. The summed E-state index contributed by atoms with van der Waals surface area (Å²) in [6, 6.07) is 0. The summed E-state index contributed by atoms with van der Waals surface area (Å²) in [5.41, 5.74) is -4.18. The zero-order chi connectivity index (χ0) is 11.3. The lowest BCUT2D eigenvalue weighted by molar-refractivity contribution is -0.0328. The molecule has 8 heteroatoms. The van der Waals surface area contributed by atoms with Crippen molar-refractivity contribution < 1.29 is 13.2 Å². The van der Waals surface area contributed by atoms with Crippen LogP contribution in [0.1, 0.15) is 5.82 Å². The molecule has 0 aliphatic rings. The van der Waals surface area contributed by atoms with Gasteiger partial charge in [-0.05, 0) is 18.8 Å². The number of hydrogen-bond donors (Lipinski definition) is 1. The highest BCUT2D eigenvalue weighted by atomic mass is 32.2. The molecule has 0 aromatic carbocycles. The Balaban J connectivity index is 2.40. The van der Waals surface area contributed by atoms with Crippen LogP contribution in [0, 0.1) is 0 Å². The summed E-state index contributed by atoms with van der Waals surface area (Å²) in [4.78, 5) is 3.92. The number of halogens is 3. The van der Waals surface area contributed by atoms with E-state index in [1.165, 1.54) is 11.0 Å². The molecule has 0 bridgehead atoms. The summed E-state index contributed by atoms with van der Waals surface area (Å²) in [6.45, 7) is 0.706. The second-order valence-electron chi connectivity index (χ2n) is 2.72. The molecule has 1 rings (SSSR count). The van der Waals surface area contributed by atoms with Crippen molar-refractivity contribution in [1.82, 2.24) is 20.1 Å². The topological polar surface area (TPSA) is 42.7 Å². The molecule has 0 aliphatic heterocycles. The Morgan fingerprint density at radius 3 is 2.87 bits per heavy atom. The summed E-state index contributed by atoms with van der Waals surface area (Å²) < 4.78 is 37.0. The normalized spacial score (nSPS) is 12.0. The molecule has 1 N–H and O–H groups in total. The van der Waals surface area contributed by atoms with Crippen LogP contribution in [0.3, 0.4) is 0 Å². The van der Waals surface area contributed by atoms with Crippen LogP contribution in [0.25, 0.3) is 0 Å². The molecule has 0 aliphatic carbocycles. The largest absolute Gasteiger partial charge is 0.441 e. The van der Waals surface area contributed by atoms with E-state index in [2.05, 4.69) is 15.4 Å².